The summed E-state index contributed by atoms with van der Waals surface area (Å²) in [4.78, 5) is 16.7. The van der Waals surface area contributed by atoms with Crippen LogP contribution in [0.15, 0.2) is 18.3 Å². The van der Waals surface area contributed by atoms with Crippen LogP contribution in [0, 0.1) is 10.1 Å². The number of likely N-dealkylation sites (N-methyl/N-ethyl adjacent to an activating group) is 1. The molecule has 100 valence electrons. The fourth-order valence-corrected chi connectivity index (χ4v) is 1.80. The van der Waals surface area contributed by atoms with Crippen LogP contribution in [0.25, 0.3) is 0 Å². The van der Waals surface area contributed by atoms with Gasteiger partial charge in [0, 0.05) is 24.8 Å². The van der Waals surface area contributed by atoms with Gasteiger partial charge in [0.1, 0.15) is 0 Å². The average Bonchev–Trinajstić information content (AvgIpc) is 2.36. The van der Waals surface area contributed by atoms with Gasteiger partial charge in [0.05, 0.1) is 4.92 Å². The molecule has 0 aromatic carbocycles. The summed E-state index contributed by atoms with van der Waals surface area (Å²) in [6, 6.07) is 3.14. The molecule has 0 bridgehead atoms. The van der Waals surface area contributed by atoms with Crippen LogP contribution in [0.4, 0.5) is 11.5 Å². The van der Waals surface area contributed by atoms with E-state index in [1.165, 1.54) is 6.07 Å². The van der Waals surface area contributed by atoms with E-state index < -0.39 is 4.92 Å². The molecule has 1 aromatic rings. The van der Waals surface area contributed by atoms with Gasteiger partial charge in [0.25, 0.3) is 0 Å². The van der Waals surface area contributed by atoms with Gasteiger partial charge in [-0.2, -0.15) is 0 Å². The lowest BCUT2D eigenvalue weighted by Crippen LogP contribution is -2.35. The maximum Gasteiger partial charge on any atom is 0.311 e. The molecule has 6 nitrogen and oxygen atoms in total. The Morgan fingerprint density at radius 2 is 2.17 bits per heavy atom. The Labute approximate surface area is 107 Å². The molecule has 1 aromatic heterocycles. The average molecular weight is 252 g/mol. The number of nitrogens with zero attached hydrogens (tertiary/aromatic N) is 3. The van der Waals surface area contributed by atoms with Gasteiger partial charge in [-0.1, -0.05) is 13.8 Å². The maximum absolute atomic E-state index is 10.9. The quantitative estimate of drug-likeness (QED) is 0.594. The Balaban J connectivity index is 2.69. The van der Waals surface area contributed by atoms with Crippen LogP contribution in [0.2, 0.25) is 0 Å². The fourth-order valence-electron chi connectivity index (χ4n) is 1.80. The van der Waals surface area contributed by atoms with Gasteiger partial charge in [0.2, 0.25) is 5.82 Å². The smallest absolute Gasteiger partial charge is 0.311 e. The van der Waals surface area contributed by atoms with Gasteiger partial charge in [0.15, 0.2) is 0 Å². The number of hydrogen-bond donors (Lipinski definition) is 1. The van der Waals surface area contributed by atoms with E-state index in [9.17, 15) is 10.1 Å². The Morgan fingerprint density at radius 1 is 1.50 bits per heavy atom. The minimum absolute atomic E-state index is 0.0175. The molecular weight excluding hydrogens is 232 g/mol. The highest BCUT2D eigenvalue weighted by Crippen LogP contribution is 2.20. The van der Waals surface area contributed by atoms with Crippen LogP contribution >= 0.6 is 0 Å². The van der Waals surface area contributed by atoms with Gasteiger partial charge in [-0.3, -0.25) is 10.1 Å². The van der Waals surface area contributed by atoms with Gasteiger partial charge in [-0.15, -0.1) is 0 Å². The van der Waals surface area contributed by atoms with Crippen LogP contribution in [0.5, 0.6) is 0 Å². The molecule has 0 saturated carbocycles. The van der Waals surface area contributed by atoms with Crippen molar-refractivity contribution in [1.29, 1.82) is 0 Å². The highest BCUT2D eigenvalue weighted by molar-refractivity contribution is 5.55. The third-order valence-corrected chi connectivity index (χ3v) is 2.79. The number of rotatable bonds is 7. The van der Waals surface area contributed by atoms with Crippen molar-refractivity contribution < 1.29 is 4.92 Å². The van der Waals surface area contributed by atoms with Crippen molar-refractivity contribution in [1.82, 2.24) is 9.88 Å². The normalized spacial score (nSPS) is 12.4. The van der Waals surface area contributed by atoms with E-state index in [1.807, 2.05) is 6.92 Å². The summed E-state index contributed by atoms with van der Waals surface area (Å²) in [5.41, 5.74) is 0.0175. The first-order valence-corrected chi connectivity index (χ1v) is 6.16. The summed E-state index contributed by atoms with van der Waals surface area (Å²) >= 11 is 0. The number of nitrogens with one attached hydrogen (secondary N) is 1. The van der Waals surface area contributed by atoms with Gasteiger partial charge < -0.3 is 10.2 Å². The molecule has 0 spiro atoms. The maximum atomic E-state index is 10.9. The summed E-state index contributed by atoms with van der Waals surface area (Å²) in [5.74, 6) is 0.335. The van der Waals surface area contributed by atoms with Crippen LogP contribution in [0.1, 0.15) is 20.8 Å². The highest BCUT2D eigenvalue weighted by Gasteiger charge is 2.16. The zero-order valence-electron chi connectivity index (χ0n) is 11.1. The van der Waals surface area contributed by atoms with Crippen LogP contribution < -0.4 is 5.32 Å². The zero-order valence-corrected chi connectivity index (χ0v) is 11.1. The lowest BCUT2D eigenvalue weighted by Gasteiger charge is -2.23. The van der Waals surface area contributed by atoms with Crippen molar-refractivity contribution in [2.45, 2.75) is 26.8 Å². The van der Waals surface area contributed by atoms with Gasteiger partial charge >= 0.3 is 5.69 Å². The first-order chi connectivity index (χ1) is 8.58. The predicted octanol–water partition coefficient (Wildman–Crippen LogP) is 2.13. The Kier molecular flexibility index (Phi) is 5.51. The van der Waals surface area contributed by atoms with Crippen molar-refractivity contribution >= 4 is 11.5 Å². The van der Waals surface area contributed by atoms with Crippen molar-refractivity contribution in [2.75, 3.05) is 25.0 Å². The molecule has 0 aliphatic heterocycles. The first-order valence-electron chi connectivity index (χ1n) is 6.16. The number of pyridine rings is 1. The molecule has 0 aliphatic carbocycles. The van der Waals surface area contributed by atoms with Crippen molar-refractivity contribution in [3.63, 3.8) is 0 Å². The molecule has 0 fully saturated rings. The van der Waals surface area contributed by atoms with E-state index in [1.54, 1.807) is 12.3 Å². The molecule has 0 saturated heterocycles. The van der Waals surface area contributed by atoms with Crippen LogP contribution in [-0.2, 0) is 0 Å². The molecule has 1 rings (SSSR count). The summed E-state index contributed by atoms with van der Waals surface area (Å²) in [6.45, 7) is 8.95. The van der Waals surface area contributed by atoms with E-state index >= 15 is 0 Å². The minimum Gasteiger partial charge on any atom is -0.361 e. The fraction of sp³-hybridized carbons (Fsp3) is 0.583. The van der Waals surface area contributed by atoms with Crippen molar-refractivity contribution in [2.24, 2.45) is 0 Å². The monoisotopic (exact) mass is 252 g/mol. The number of anilines is 1. The zero-order chi connectivity index (χ0) is 13.5. The van der Waals surface area contributed by atoms with Crippen molar-refractivity contribution in [3.8, 4) is 0 Å². The Morgan fingerprint density at radius 3 is 2.72 bits per heavy atom. The molecule has 0 aliphatic rings. The van der Waals surface area contributed by atoms with Gasteiger partial charge in [-0.05, 0) is 26.1 Å². The third-order valence-electron chi connectivity index (χ3n) is 2.79. The topological polar surface area (TPSA) is 71.3 Å². The molecule has 0 amide bonds. The molecule has 1 heterocycles. The molecule has 18 heavy (non-hydrogen) atoms. The molecule has 1 atom stereocenters. The van der Waals surface area contributed by atoms with E-state index in [-0.39, 0.29) is 11.7 Å². The second-order valence-electron chi connectivity index (χ2n) is 4.16. The largest absolute Gasteiger partial charge is 0.361 e. The molecule has 0 radical (unpaired) electrons. The second kappa shape index (κ2) is 6.90. The van der Waals surface area contributed by atoms with E-state index in [2.05, 4.69) is 29.0 Å². The SMILES string of the molecule is CCN(CC)CC(C)Nc1ncccc1[N+](=O)[O-]. The highest BCUT2D eigenvalue weighted by atomic mass is 16.6. The third kappa shape index (κ3) is 3.96. The van der Waals surface area contributed by atoms with E-state index in [4.69, 9.17) is 0 Å². The van der Waals surface area contributed by atoms with Crippen molar-refractivity contribution in [3.05, 3.63) is 28.4 Å². The van der Waals surface area contributed by atoms with E-state index in [0.717, 1.165) is 19.6 Å². The summed E-state index contributed by atoms with van der Waals surface area (Å²) in [5, 5.41) is 13.9. The lowest BCUT2D eigenvalue weighted by atomic mass is 10.3. The Hall–Kier alpha value is -1.69. The first kappa shape index (κ1) is 14.4. The number of aromatic nitrogens is 1. The predicted molar refractivity (Wildman–Crippen MR) is 71.8 cm³/mol. The molecular formula is C12H20N4O2. The second-order valence-corrected chi connectivity index (χ2v) is 4.16. The molecule has 1 N–H and O–H groups in total. The van der Waals surface area contributed by atoms with E-state index in [0.29, 0.717) is 5.82 Å². The number of nitro groups is 1. The van der Waals surface area contributed by atoms with Crippen LogP contribution in [-0.4, -0.2) is 40.5 Å². The molecule has 6 heteroatoms. The lowest BCUT2D eigenvalue weighted by molar-refractivity contribution is -0.384. The summed E-state index contributed by atoms with van der Waals surface area (Å²) in [6.07, 6.45) is 1.56. The Bertz CT molecular complexity index is 393. The summed E-state index contributed by atoms with van der Waals surface area (Å²) < 4.78 is 0. The van der Waals surface area contributed by atoms with Gasteiger partial charge in [-0.25, -0.2) is 4.98 Å². The minimum atomic E-state index is -0.417. The standard InChI is InChI=1S/C12H20N4O2/c1-4-15(5-2)9-10(3)14-12-11(16(17)18)7-6-8-13-12/h6-8,10H,4-5,9H2,1-3H3,(H,13,14). The molecule has 1 unspecified atom stereocenters. The van der Waals surface area contributed by atoms with Crippen LogP contribution in [0.3, 0.4) is 0 Å². The summed E-state index contributed by atoms with van der Waals surface area (Å²) in [7, 11) is 0. The number of hydrogen-bond acceptors (Lipinski definition) is 5.